The molecule has 0 bridgehead atoms. The smallest absolute Gasteiger partial charge is 0.449 e. The Bertz CT molecular complexity index is 2350. The molecule has 0 aliphatic rings. The highest BCUT2D eigenvalue weighted by atomic mass is 35.5. The first-order chi connectivity index (χ1) is 27.8. The quantitative estimate of drug-likeness (QED) is 0.103. The molecule has 6 rings (SSSR count). The van der Waals surface area contributed by atoms with Crippen molar-refractivity contribution < 1.29 is 69.2 Å². The summed E-state index contributed by atoms with van der Waals surface area (Å²) in [6, 6.07) is 26.1. The predicted molar refractivity (Wildman–Crippen MR) is 204 cm³/mol. The molecule has 17 heteroatoms. The predicted octanol–water partition coefficient (Wildman–Crippen LogP) is 12.2. The van der Waals surface area contributed by atoms with Gasteiger partial charge in [-0.25, -0.2) is 4.79 Å². The van der Waals surface area contributed by atoms with Gasteiger partial charge in [-0.2, -0.15) is 26.3 Å². The molecule has 9 nitrogen and oxygen atoms in total. The molecule has 6 aromatic rings. The van der Waals surface area contributed by atoms with Gasteiger partial charge in [0.2, 0.25) is 11.5 Å². The van der Waals surface area contributed by atoms with Gasteiger partial charge < -0.3 is 33.3 Å². The number of alkyl halides is 6. The molecule has 310 valence electrons. The van der Waals surface area contributed by atoms with E-state index in [0.717, 1.165) is 5.56 Å². The van der Waals surface area contributed by atoms with Crippen LogP contribution in [-0.4, -0.2) is 28.8 Å². The first kappa shape index (κ1) is 44.1. The van der Waals surface area contributed by atoms with Gasteiger partial charge in [-0.3, -0.25) is 4.79 Å². The standard InChI is InChI=1S/C21H16ClF3O5.C21H16ClF3O4/c1-12-8-16(6-7-17(12)29-11-19(26)27)28-10-14-9-18(30-20(14)21(23,24)25)13-2-4-15(22)5-3-13;22-16-6-4-14(5-7-16)18-11-15(20(29-18)21(23,24)25)12-28-17-8-1-13(2-9-17)3-10-19(26)27/h2-9H,10-11H2,1H3,(H,26,27);1-2,4-9,11H,3,10,12H2,(H,26,27). The van der Waals surface area contributed by atoms with E-state index >= 15 is 0 Å². The lowest BCUT2D eigenvalue weighted by atomic mass is 10.1. The molecule has 0 saturated heterocycles. The van der Waals surface area contributed by atoms with Crippen LogP contribution in [0.15, 0.2) is 112 Å². The molecule has 59 heavy (non-hydrogen) atoms. The number of carboxylic acid groups (broad SMARTS) is 2. The van der Waals surface area contributed by atoms with Crippen molar-refractivity contribution >= 4 is 35.1 Å². The molecule has 0 spiro atoms. The number of carbonyl (C=O) groups is 2. The van der Waals surface area contributed by atoms with Gasteiger partial charge in [0.15, 0.2) is 6.61 Å². The van der Waals surface area contributed by atoms with Gasteiger partial charge in [-0.15, -0.1) is 0 Å². The van der Waals surface area contributed by atoms with Crippen molar-refractivity contribution in [1.29, 1.82) is 0 Å². The normalized spacial score (nSPS) is 11.4. The van der Waals surface area contributed by atoms with Crippen molar-refractivity contribution in [2.24, 2.45) is 0 Å². The van der Waals surface area contributed by atoms with E-state index in [1.807, 2.05) is 0 Å². The second-order valence-corrected chi connectivity index (χ2v) is 13.5. The average molecular weight is 866 g/mol. The molecule has 0 aliphatic heterocycles. The molecule has 0 radical (unpaired) electrons. The number of hydrogen-bond donors (Lipinski definition) is 2. The lowest BCUT2D eigenvalue weighted by Gasteiger charge is -2.11. The number of aliphatic carboxylic acids is 2. The number of halogens is 8. The van der Waals surface area contributed by atoms with Crippen molar-refractivity contribution in [3.8, 4) is 39.9 Å². The van der Waals surface area contributed by atoms with Crippen molar-refractivity contribution in [3.63, 3.8) is 0 Å². The lowest BCUT2D eigenvalue weighted by molar-refractivity contribution is -0.154. The number of rotatable bonds is 14. The molecular formula is C42H32Cl2F6O9. The molecule has 0 atom stereocenters. The average Bonchev–Trinajstić information content (AvgIpc) is 3.82. The summed E-state index contributed by atoms with van der Waals surface area (Å²) in [5, 5.41) is 18.3. The van der Waals surface area contributed by atoms with Crippen molar-refractivity contribution in [2.75, 3.05) is 6.61 Å². The highest BCUT2D eigenvalue weighted by molar-refractivity contribution is 6.30. The topological polar surface area (TPSA) is 129 Å². The first-order valence-corrected chi connectivity index (χ1v) is 18.0. The van der Waals surface area contributed by atoms with Gasteiger partial charge >= 0.3 is 24.3 Å². The van der Waals surface area contributed by atoms with E-state index in [0.29, 0.717) is 50.4 Å². The zero-order valence-electron chi connectivity index (χ0n) is 30.6. The van der Waals surface area contributed by atoms with Gasteiger partial charge in [0.25, 0.3) is 0 Å². The zero-order valence-corrected chi connectivity index (χ0v) is 32.1. The van der Waals surface area contributed by atoms with E-state index in [9.17, 15) is 35.9 Å². The fourth-order valence-electron chi connectivity index (χ4n) is 5.40. The largest absolute Gasteiger partial charge is 0.489 e. The van der Waals surface area contributed by atoms with Crippen LogP contribution in [0.1, 0.15) is 40.2 Å². The zero-order chi connectivity index (χ0) is 42.9. The lowest BCUT2D eigenvalue weighted by Crippen LogP contribution is -2.10. The fourth-order valence-corrected chi connectivity index (χ4v) is 5.66. The summed E-state index contributed by atoms with van der Waals surface area (Å²) in [5.74, 6) is -3.14. The third kappa shape index (κ3) is 12.7. The summed E-state index contributed by atoms with van der Waals surface area (Å²) < 4.78 is 106. The molecule has 0 fully saturated rings. The van der Waals surface area contributed by atoms with Gasteiger partial charge in [0.05, 0.1) is 0 Å². The number of benzene rings is 4. The summed E-state index contributed by atoms with van der Waals surface area (Å²) in [6.45, 7) is 0.460. The van der Waals surface area contributed by atoms with E-state index in [4.69, 9.17) is 56.5 Å². The third-order valence-corrected chi connectivity index (χ3v) is 8.73. The van der Waals surface area contributed by atoms with E-state index in [2.05, 4.69) is 0 Å². The molecule has 2 heterocycles. The number of hydrogen-bond acceptors (Lipinski definition) is 7. The molecule has 2 aromatic heterocycles. The summed E-state index contributed by atoms with van der Waals surface area (Å²) in [6.07, 6.45) is -8.99. The summed E-state index contributed by atoms with van der Waals surface area (Å²) >= 11 is 11.6. The molecule has 0 saturated carbocycles. The van der Waals surface area contributed by atoms with E-state index in [1.54, 1.807) is 85.8 Å². The van der Waals surface area contributed by atoms with Crippen LogP contribution in [0.25, 0.3) is 22.6 Å². The summed E-state index contributed by atoms with van der Waals surface area (Å²) in [4.78, 5) is 21.2. The monoisotopic (exact) mass is 864 g/mol. The van der Waals surface area contributed by atoms with Gasteiger partial charge in [0, 0.05) is 38.7 Å². The maximum absolute atomic E-state index is 13.4. The van der Waals surface area contributed by atoms with E-state index in [-0.39, 0.29) is 42.3 Å². The van der Waals surface area contributed by atoms with Crippen LogP contribution in [0.5, 0.6) is 17.2 Å². The SMILES string of the molecule is Cc1cc(OCc2cc(-c3ccc(Cl)cc3)oc2C(F)(F)F)ccc1OCC(=O)O.O=C(O)CCc1ccc(OCc2cc(-c3ccc(Cl)cc3)oc2C(F)(F)F)cc1. The van der Waals surface area contributed by atoms with E-state index < -0.39 is 42.4 Å². The number of aryl methyl sites for hydroxylation is 2. The summed E-state index contributed by atoms with van der Waals surface area (Å²) in [5.41, 5.74) is 2.01. The molecular weight excluding hydrogens is 833 g/mol. The Morgan fingerprint density at radius 2 is 1.07 bits per heavy atom. The van der Waals surface area contributed by atoms with Crippen LogP contribution in [0.2, 0.25) is 10.0 Å². The van der Waals surface area contributed by atoms with Gasteiger partial charge in [0.1, 0.15) is 42.0 Å². The summed E-state index contributed by atoms with van der Waals surface area (Å²) in [7, 11) is 0. The maximum Gasteiger partial charge on any atom is 0.449 e. The highest BCUT2D eigenvalue weighted by Crippen LogP contribution is 2.39. The second-order valence-electron chi connectivity index (χ2n) is 12.7. The third-order valence-electron chi connectivity index (χ3n) is 8.23. The fraction of sp³-hybridized carbons (Fsp3) is 0.190. The van der Waals surface area contributed by atoms with Crippen LogP contribution in [0, 0.1) is 6.92 Å². The molecule has 2 N–H and O–H groups in total. The van der Waals surface area contributed by atoms with Crippen molar-refractivity contribution in [3.05, 3.63) is 147 Å². The number of carboxylic acids is 2. The van der Waals surface area contributed by atoms with Crippen LogP contribution in [-0.2, 0) is 41.6 Å². The van der Waals surface area contributed by atoms with Crippen molar-refractivity contribution in [2.45, 2.75) is 45.3 Å². The van der Waals surface area contributed by atoms with Crippen LogP contribution in [0.4, 0.5) is 26.3 Å². The molecule has 0 aliphatic carbocycles. The Labute approximate surface area is 342 Å². The van der Waals surface area contributed by atoms with Gasteiger partial charge in [-0.1, -0.05) is 35.3 Å². The van der Waals surface area contributed by atoms with Crippen LogP contribution < -0.4 is 14.2 Å². The van der Waals surface area contributed by atoms with Crippen LogP contribution in [0.3, 0.4) is 0 Å². The molecule has 4 aromatic carbocycles. The number of ether oxygens (including phenoxy) is 3. The first-order valence-electron chi connectivity index (χ1n) is 17.3. The Balaban J connectivity index is 0.000000224. The Morgan fingerprint density at radius 3 is 1.49 bits per heavy atom. The highest BCUT2D eigenvalue weighted by Gasteiger charge is 2.39. The number of furan rings is 2. The van der Waals surface area contributed by atoms with Crippen LogP contribution >= 0.6 is 23.2 Å². The Morgan fingerprint density at radius 1 is 0.610 bits per heavy atom. The van der Waals surface area contributed by atoms with Gasteiger partial charge in [-0.05, 0) is 115 Å². The minimum atomic E-state index is -4.69. The molecule has 0 unspecified atom stereocenters. The van der Waals surface area contributed by atoms with Crippen molar-refractivity contribution in [1.82, 2.24) is 0 Å². The minimum absolute atomic E-state index is 0.00234. The second kappa shape index (κ2) is 19.1. The maximum atomic E-state index is 13.4. The molecule has 0 amide bonds. The Hall–Kier alpha value is -6.06. The minimum Gasteiger partial charge on any atom is -0.489 e. The Kier molecular flexibility index (Phi) is 14.3. The van der Waals surface area contributed by atoms with E-state index in [1.165, 1.54) is 24.3 Å².